The summed E-state index contributed by atoms with van der Waals surface area (Å²) < 4.78 is 11.1. The summed E-state index contributed by atoms with van der Waals surface area (Å²) in [6.07, 6.45) is -2.66. The zero-order valence-electron chi connectivity index (χ0n) is 19.8. The van der Waals surface area contributed by atoms with E-state index in [0.29, 0.717) is 13.7 Å². The summed E-state index contributed by atoms with van der Waals surface area (Å²) in [7, 11) is 0. The maximum absolute atomic E-state index is 13.3. The summed E-state index contributed by atoms with van der Waals surface area (Å²) in [5.41, 5.74) is 0.284. The Morgan fingerprint density at radius 2 is 1.42 bits per heavy atom. The Balaban J connectivity index is 3.59. The van der Waals surface area contributed by atoms with Crippen molar-refractivity contribution in [2.75, 3.05) is 33.0 Å². The molecule has 1 aromatic carbocycles. The van der Waals surface area contributed by atoms with Crippen LogP contribution in [0, 0.1) is 10.7 Å². The fourth-order valence-corrected chi connectivity index (χ4v) is 7.66. The van der Waals surface area contributed by atoms with Crippen LogP contribution >= 0.6 is 67.8 Å². The Morgan fingerprint density at radius 1 is 0.889 bits per heavy atom. The second kappa shape index (κ2) is 16.5. The van der Waals surface area contributed by atoms with Gasteiger partial charge < -0.3 is 40.5 Å². The molecule has 0 aliphatic rings. The smallest absolute Gasteiger partial charge is 0.302 e. The third-order valence-corrected chi connectivity index (χ3v) is 7.92. The molecule has 1 aromatic rings. The molecule has 1 rings (SSSR count). The van der Waals surface area contributed by atoms with E-state index in [2.05, 4.69) is 16.0 Å². The number of aliphatic hydroxyl groups is 4. The number of hydrogen-bond donors (Lipinski definition) is 7. The zero-order chi connectivity index (χ0) is 27.6. The lowest BCUT2D eigenvalue weighted by molar-refractivity contribution is -0.142. The molecule has 0 aliphatic carbocycles. The fraction of sp³-hybridized carbons (Fsp3) is 0.571. The lowest BCUT2D eigenvalue weighted by atomic mass is 10.0. The topological polar surface area (TPSA) is 187 Å². The molecule has 12 nitrogen and oxygen atoms in total. The third kappa shape index (κ3) is 9.71. The number of aliphatic hydroxyl groups excluding tert-OH is 4. The molecule has 0 aromatic heterocycles. The van der Waals surface area contributed by atoms with E-state index in [1.807, 2.05) is 67.8 Å². The van der Waals surface area contributed by atoms with Gasteiger partial charge in [-0.15, -0.1) is 0 Å². The van der Waals surface area contributed by atoms with Crippen molar-refractivity contribution in [3.05, 3.63) is 27.4 Å². The predicted octanol–water partition coefficient (Wildman–Crippen LogP) is 0.200. The monoisotopic (exact) mass is 849 g/mol. The number of benzene rings is 1. The van der Waals surface area contributed by atoms with Gasteiger partial charge in [-0.2, -0.15) is 0 Å². The molecule has 15 heteroatoms. The Bertz CT molecular complexity index is 934. The highest BCUT2D eigenvalue weighted by Gasteiger charge is 2.32. The molecular weight excluding hydrogens is 819 g/mol. The fourth-order valence-electron chi connectivity index (χ4n) is 2.92. The molecule has 0 saturated carbocycles. The van der Waals surface area contributed by atoms with E-state index in [9.17, 15) is 34.8 Å². The molecule has 0 radical (unpaired) electrons. The quantitative estimate of drug-likeness (QED) is 0.0776. The number of carbonyl (C=O) groups excluding carboxylic acids is 3. The molecule has 0 heterocycles. The van der Waals surface area contributed by atoms with Crippen LogP contribution in [0.15, 0.2) is 0 Å². The minimum absolute atomic E-state index is 0.0457. The molecule has 4 atom stereocenters. The van der Waals surface area contributed by atoms with Gasteiger partial charge in [-0.05, 0) is 81.6 Å². The number of ether oxygens (including phenoxy) is 2. The molecule has 0 spiro atoms. The van der Waals surface area contributed by atoms with Crippen molar-refractivity contribution in [2.45, 2.75) is 45.3 Å². The van der Waals surface area contributed by atoms with Gasteiger partial charge >= 0.3 is 5.97 Å². The molecule has 204 valence electrons. The first kappa shape index (κ1) is 33.6. The highest BCUT2D eigenvalue weighted by atomic mass is 127. The number of halogens is 3. The third-order valence-electron chi connectivity index (χ3n) is 4.60. The largest absolute Gasteiger partial charge is 0.464 e. The SMILES string of the molecule is CCOCC(CO)NC(=O)c1c(I)c(C(=O)NC(C)O)c(I)c(C(O)NC(CO)COC(C)=O)c1I. The second-order valence-corrected chi connectivity index (χ2v) is 10.8. The molecule has 0 saturated heterocycles. The predicted molar refractivity (Wildman–Crippen MR) is 154 cm³/mol. The lowest BCUT2D eigenvalue weighted by Crippen LogP contribution is -2.43. The molecule has 0 aliphatic heterocycles. The van der Waals surface area contributed by atoms with Gasteiger partial charge in [-0.1, -0.05) is 0 Å². The molecular formula is C21H30I3N3O9. The van der Waals surface area contributed by atoms with E-state index in [1.54, 1.807) is 6.92 Å². The Kier molecular flexibility index (Phi) is 15.4. The van der Waals surface area contributed by atoms with Crippen LogP contribution in [0.1, 0.15) is 53.3 Å². The normalized spacial score (nSPS) is 14.5. The van der Waals surface area contributed by atoms with Gasteiger partial charge in [-0.25, -0.2) is 0 Å². The number of hydrogen-bond acceptors (Lipinski definition) is 10. The van der Waals surface area contributed by atoms with Crippen LogP contribution in [-0.4, -0.2) is 89.6 Å². The number of carbonyl (C=O) groups is 3. The van der Waals surface area contributed by atoms with Crippen LogP contribution in [0.3, 0.4) is 0 Å². The first-order valence-corrected chi connectivity index (χ1v) is 14.0. The number of nitrogens with one attached hydrogen (secondary N) is 3. The van der Waals surface area contributed by atoms with E-state index in [0.717, 1.165) is 0 Å². The zero-order valence-corrected chi connectivity index (χ0v) is 26.3. The summed E-state index contributed by atoms with van der Waals surface area (Å²) in [5.74, 6) is -1.86. The average molecular weight is 849 g/mol. The number of rotatable bonds is 14. The van der Waals surface area contributed by atoms with Crippen molar-refractivity contribution in [2.24, 2.45) is 0 Å². The van der Waals surface area contributed by atoms with Gasteiger partial charge in [0.25, 0.3) is 11.8 Å². The van der Waals surface area contributed by atoms with Gasteiger partial charge in [0.1, 0.15) is 19.1 Å². The van der Waals surface area contributed by atoms with Crippen LogP contribution in [-0.2, 0) is 14.3 Å². The van der Waals surface area contributed by atoms with Crippen molar-refractivity contribution in [1.29, 1.82) is 0 Å². The van der Waals surface area contributed by atoms with E-state index in [4.69, 9.17) is 9.47 Å². The van der Waals surface area contributed by atoms with Crippen molar-refractivity contribution in [1.82, 2.24) is 16.0 Å². The average Bonchev–Trinajstić information content (AvgIpc) is 2.78. The van der Waals surface area contributed by atoms with Gasteiger partial charge in [0.15, 0.2) is 0 Å². The second-order valence-electron chi connectivity index (χ2n) is 7.52. The molecule has 36 heavy (non-hydrogen) atoms. The minimum atomic E-state index is -1.48. The highest BCUT2D eigenvalue weighted by Crippen LogP contribution is 2.35. The summed E-state index contributed by atoms with van der Waals surface area (Å²) >= 11 is 5.58. The highest BCUT2D eigenvalue weighted by molar-refractivity contribution is 14.1. The first-order chi connectivity index (χ1) is 16.9. The maximum Gasteiger partial charge on any atom is 0.302 e. The summed E-state index contributed by atoms with van der Waals surface area (Å²) in [4.78, 5) is 37.4. The van der Waals surface area contributed by atoms with Crippen molar-refractivity contribution in [3.8, 4) is 0 Å². The summed E-state index contributed by atoms with van der Waals surface area (Å²) in [6.45, 7) is 3.71. The van der Waals surface area contributed by atoms with E-state index >= 15 is 0 Å². The summed E-state index contributed by atoms with van der Waals surface area (Å²) in [5, 5.41) is 47.8. The van der Waals surface area contributed by atoms with Crippen LogP contribution < -0.4 is 16.0 Å². The van der Waals surface area contributed by atoms with Gasteiger partial charge in [0, 0.05) is 29.8 Å². The lowest BCUT2D eigenvalue weighted by Gasteiger charge is -2.26. The van der Waals surface area contributed by atoms with Gasteiger partial charge in [0.05, 0.1) is 43.0 Å². The number of amides is 2. The van der Waals surface area contributed by atoms with Crippen LogP contribution in [0.4, 0.5) is 0 Å². The van der Waals surface area contributed by atoms with E-state index in [-0.39, 0.29) is 40.1 Å². The number of esters is 1. The molecule has 7 N–H and O–H groups in total. The standard InChI is InChI=1S/C21H30I3N3O9/c1-4-35-7-11(5-28)26-20(33)14-16(22)13(19(32)25-9(2)30)17(23)15(18(14)24)21(34)27-12(6-29)8-36-10(3)31/h9,11-12,21,27-30,34H,4-8H2,1-3H3,(H,25,32)(H,26,33). The van der Waals surface area contributed by atoms with Crippen LogP contribution in [0.5, 0.6) is 0 Å². The maximum atomic E-state index is 13.3. The first-order valence-electron chi connectivity index (χ1n) is 10.8. The van der Waals surface area contributed by atoms with Gasteiger partial charge in [-0.3, -0.25) is 19.7 Å². The van der Waals surface area contributed by atoms with Crippen molar-refractivity contribution in [3.63, 3.8) is 0 Å². The van der Waals surface area contributed by atoms with Crippen molar-refractivity contribution >= 4 is 85.6 Å². The van der Waals surface area contributed by atoms with Crippen LogP contribution in [0.2, 0.25) is 0 Å². The molecule has 4 unspecified atom stereocenters. The molecule has 0 fully saturated rings. The minimum Gasteiger partial charge on any atom is -0.464 e. The molecule has 0 bridgehead atoms. The van der Waals surface area contributed by atoms with Gasteiger partial charge in [0.2, 0.25) is 0 Å². The Hall–Kier alpha value is -0.420. The summed E-state index contributed by atoms with van der Waals surface area (Å²) in [6, 6.07) is -1.56. The Labute approximate surface area is 249 Å². The van der Waals surface area contributed by atoms with Crippen molar-refractivity contribution < 1.29 is 44.3 Å². The Morgan fingerprint density at radius 3 is 1.86 bits per heavy atom. The van der Waals surface area contributed by atoms with E-state index < -0.39 is 48.9 Å². The molecule has 2 amide bonds. The van der Waals surface area contributed by atoms with E-state index in [1.165, 1.54) is 13.8 Å². The van der Waals surface area contributed by atoms with Crippen LogP contribution in [0.25, 0.3) is 0 Å².